The largest absolute Gasteiger partial charge is 0.389 e. The molecule has 96 valence electrons. The second-order valence-electron chi connectivity index (χ2n) is 4.46. The molecule has 2 aromatic rings. The van der Waals surface area contributed by atoms with Gasteiger partial charge in [0.1, 0.15) is 0 Å². The molecule has 3 heteroatoms. The third-order valence-electron chi connectivity index (χ3n) is 2.81. The number of rotatable bonds is 3. The summed E-state index contributed by atoms with van der Waals surface area (Å²) in [6.07, 6.45) is -0.542. The molecular formula is C16H15NOS. The molecule has 0 saturated heterocycles. The van der Waals surface area contributed by atoms with E-state index >= 15 is 0 Å². The van der Waals surface area contributed by atoms with E-state index < -0.39 is 6.10 Å². The molecule has 2 aromatic carbocycles. The van der Waals surface area contributed by atoms with Crippen molar-refractivity contribution in [1.82, 2.24) is 0 Å². The van der Waals surface area contributed by atoms with Gasteiger partial charge in [-0.3, -0.25) is 0 Å². The highest BCUT2D eigenvalue weighted by Crippen LogP contribution is 2.34. The predicted octanol–water partition coefficient (Wildman–Crippen LogP) is 4.07. The molecule has 0 aliphatic heterocycles. The number of aliphatic hydroxyl groups excluding tert-OH is 1. The molecule has 0 bridgehead atoms. The molecule has 0 aliphatic carbocycles. The van der Waals surface area contributed by atoms with E-state index in [1.165, 1.54) is 5.56 Å². The second kappa shape index (κ2) is 5.92. The molecule has 0 unspecified atom stereocenters. The molecule has 2 rings (SSSR count). The number of hydrogen-bond donors (Lipinski definition) is 1. The van der Waals surface area contributed by atoms with Crippen molar-refractivity contribution in [3.05, 3.63) is 59.2 Å². The minimum Gasteiger partial charge on any atom is -0.389 e. The van der Waals surface area contributed by atoms with Crippen LogP contribution in [0.5, 0.6) is 0 Å². The maximum absolute atomic E-state index is 9.80. The number of aliphatic hydroxyl groups is 1. The normalized spacial score (nSPS) is 11.9. The first-order valence-corrected chi connectivity index (χ1v) is 6.88. The van der Waals surface area contributed by atoms with Gasteiger partial charge in [0.2, 0.25) is 0 Å². The number of hydrogen-bond acceptors (Lipinski definition) is 3. The van der Waals surface area contributed by atoms with Crippen LogP contribution in [0.2, 0.25) is 0 Å². The van der Waals surface area contributed by atoms with E-state index in [0.29, 0.717) is 5.56 Å². The Bertz CT molecular complexity index is 629. The average Bonchev–Trinajstić information content (AvgIpc) is 2.38. The van der Waals surface area contributed by atoms with Crippen molar-refractivity contribution in [2.45, 2.75) is 29.7 Å². The Morgan fingerprint density at radius 1 is 1.21 bits per heavy atom. The van der Waals surface area contributed by atoms with E-state index in [1.807, 2.05) is 37.3 Å². The standard InChI is InChI=1S/C16H15NOS/c1-11-4-3-5-14(8-11)19-16-9-13(10-17)6-7-15(16)12(2)18/h3-9,12,18H,1-2H3/t12-/m1/s1. The molecule has 1 N–H and O–H groups in total. The van der Waals surface area contributed by atoms with Crippen LogP contribution >= 0.6 is 11.8 Å². The van der Waals surface area contributed by atoms with Gasteiger partial charge in [0.25, 0.3) is 0 Å². The summed E-state index contributed by atoms with van der Waals surface area (Å²) in [5.74, 6) is 0. The van der Waals surface area contributed by atoms with E-state index in [1.54, 1.807) is 24.8 Å². The number of nitriles is 1. The summed E-state index contributed by atoms with van der Waals surface area (Å²) in [5, 5.41) is 18.8. The van der Waals surface area contributed by atoms with Crippen LogP contribution in [0, 0.1) is 18.3 Å². The van der Waals surface area contributed by atoms with Gasteiger partial charge in [0.05, 0.1) is 17.7 Å². The van der Waals surface area contributed by atoms with Crippen molar-refractivity contribution in [3.63, 3.8) is 0 Å². The van der Waals surface area contributed by atoms with Gasteiger partial charge in [-0.05, 0) is 43.7 Å². The van der Waals surface area contributed by atoms with Gasteiger partial charge in [-0.2, -0.15) is 5.26 Å². The predicted molar refractivity (Wildman–Crippen MR) is 77.1 cm³/mol. The summed E-state index contributed by atoms with van der Waals surface area (Å²) in [7, 11) is 0. The summed E-state index contributed by atoms with van der Waals surface area (Å²) in [5.41, 5.74) is 2.66. The SMILES string of the molecule is Cc1cccc(Sc2cc(C#N)ccc2[C@@H](C)O)c1. The van der Waals surface area contributed by atoms with Gasteiger partial charge in [-0.25, -0.2) is 0 Å². The van der Waals surface area contributed by atoms with Crippen LogP contribution in [0.1, 0.15) is 29.7 Å². The Morgan fingerprint density at radius 3 is 2.63 bits per heavy atom. The van der Waals surface area contributed by atoms with Crippen LogP contribution in [-0.2, 0) is 0 Å². The molecule has 0 heterocycles. The van der Waals surface area contributed by atoms with E-state index in [-0.39, 0.29) is 0 Å². The zero-order valence-corrected chi connectivity index (χ0v) is 11.7. The lowest BCUT2D eigenvalue weighted by Gasteiger charge is -2.12. The van der Waals surface area contributed by atoms with Crippen molar-refractivity contribution in [2.24, 2.45) is 0 Å². The lowest BCUT2D eigenvalue weighted by molar-refractivity contribution is 0.196. The summed E-state index contributed by atoms with van der Waals surface area (Å²) < 4.78 is 0. The molecule has 0 aromatic heterocycles. The lowest BCUT2D eigenvalue weighted by atomic mass is 10.1. The monoisotopic (exact) mass is 269 g/mol. The van der Waals surface area contributed by atoms with Gasteiger partial charge < -0.3 is 5.11 Å². The van der Waals surface area contributed by atoms with Crippen molar-refractivity contribution in [1.29, 1.82) is 5.26 Å². The first-order chi connectivity index (χ1) is 9.10. The van der Waals surface area contributed by atoms with Crippen LogP contribution < -0.4 is 0 Å². The van der Waals surface area contributed by atoms with Crippen LogP contribution in [0.4, 0.5) is 0 Å². The second-order valence-corrected chi connectivity index (χ2v) is 5.57. The quantitative estimate of drug-likeness (QED) is 0.913. The Balaban J connectivity index is 2.40. The van der Waals surface area contributed by atoms with Gasteiger partial charge >= 0.3 is 0 Å². The molecule has 0 spiro atoms. The lowest BCUT2D eigenvalue weighted by Crippen LogP contribution is -1.94. The van der Waals surface area contributed by atoms with Crippen molar-refractivity contribution < 1.29 is 5.11 Å². The Morgan fingerprint density at radius 2 is 2.00 bits per heavy atom. The van der Waals surface area contributed by atoms with E-state index in [0.717, 1.165) is 15.4 Å². The van der Waals surface area contributed by atoms with Crippen LogP contribution in [0.25, 0.3) is 0 Å². The van der Waals surface area contributed by atoms with E-state index in [2.05, 4.69) is 12.1 Å². The fraction of sp³-hybridized carbons (Fsp3) is 0.188. The highest BCUT2D eigenvalue weighted by Gasteiger charge is 2.10. The maximum atomic E-state index is 9.80. The molecule has 2 nitrogen and oxygen atoms in total. The molecule has 19 heavy (non-hydrogen) atoms. The zero-order chi connectivity index (χ0) is 13.8. The molecule has 0 fully saturated rings. The van der Waals surface area contributed by atoms with Crippen LogP contribution in [-0.4, -0.2) is 5.11 Å². The summed E-state index contributed by atoms with van der Waals surface area (Å²) in [6.45, 7) is 3.78. The Hall–Kier alpha value is -1.76. The first kappa shape index (κ1) is 13.7. The number of nitrogens with zero attached hydrogens (tertiary/aromatic N) is 1. The average molecular weight is 269 g/mol. The van der Waals surface area contributed by atoms with Crippen molar-refractivity contribution >= 4 is 11.8 Å². The highest BCUT2D eigenvalue weighted by atomic mass is 32.2. The Labute approximate surface area is 117 Å². The van der Waals surface area contributed by atoms with Crippen molar-refractivity contribution in [3.8, 4) is 6.07 Å². The third-order valence-corrected chi connectivity index (χ3v) is 3.87. The molecule has 0 saturated carbocycles. The summed E-state index contributed by atoms with van der Waals surface area (Å²) >= 11 is 1.58. The molecule has 0 radical (unpaired) electrons. The third kappa shape index (κ3) is 3.37. The number of aryl methyl sites for hydroxylation is 1. The highest BCUT2D eigenvalue weighted by molar-refractivity contribution is 7.99. The number of benzene rings is 2. The van der Waals surface area contributed by atoms with Gasteiger partial charge in [0.15, 0.2) is 0 Å². The van der Waals surface area contributed by atoms with Crippen LogP contribution in [0.15, 0.2) is 52.3 Å². The summed E-state index contributed by atoms with van der Waals surface area (Å²) in [6, 6.07) is 15.7. The van der Waals surface area contributed by atoms with Gasteiger partial charge in [-0.15, -0.1) is 0 Å². The fourth-order valence-corrected chi connectivity index (χ4v) is 3.03. The van der Waals surface area contributed by atoms with E-state index in [9.17, 15) is 5.11 Å². The summed E-state index contributed by atoms with van der Waals surface area (Å²) in [4.78, 5) is 2.04. The minimum atomic E-state index is -0.542. The van der Waals surface area contributed by atoms with Crippen molar-refractivity contribution in [2.75, 3.05) is 0 Å². The fourth-order valence-electron chi connectivity index (χ4n) is 1.84. The minimum absolute atomic E-state index is 0.542. The van der Waals surface area contributed by atoms with E-state index in [4.69, 9.17) is 5.26 Å². The molecular weight excluding hydrogens is 254 g/mol. The van der Waals surface area contributed by atoms with Crippen LogP contribution in [0.3, 0.4) is 0 Å². The molecule has 0 amide bonds. The molecule has 1 atom stereocenters. The Kier molecular flexibility index (Phi) is 4.26. The van der Waals surface area contributed by atoms with Gasteiger partial charge in [-0.1, -0.05) is 35.5 Å². The maximum Gasteiger partial charge on any atom is 0.0992 e. The smallest absolute Gasteiger partial charge is 0.0992 e. The molecule has 0 aliphatic rings. The topological polar surface area (TPSA) is 44.0 Å². The first-order valence-electron chi connectivity index (χ1n) is 6.07. The van der Waals surface area contributed by atoms with Gasteiger partial charge in [0, 0.05) is 9.79 Å². The zero-order valence-electron chi connectivity index (χ0n) is 10.9.